The number of allylic oxidation sites excluding steroid dienone is 1. The highest BCUT2D eigenvalue weighted by Crippen LogP contribution is 2.07. The third kappa shape index (κ3) is 5.37. The summed E-state index contributed by atoms with van der Waals surface area (Å²) < 4.78 is 33.5. The Labute approximate surface area is 45.8 Å². The van der Waals surface area contributed by atoms with E-state index in [-0.39, 0.29) is 5.98 Å². The van der Waals surface area contributed by atoms with Crippen molar-refractivity contribution in [2.24, 2.45) is 0 Å². The molecule has 0 rings (SSSR count). The Kier molecular flexibility index (Phi) is 2.42. The molecule has 0 aromatic rings. The Morgan fingerprint density at radius 1 is 1.38 bits per heavy atom. The van der Waals surface area contributed by atoms with Crippen molar-refractivity contribution in [1.29, 1.82) is 0 Å². The normalized spacial score (nSPS) is 10.0. The lowest BCUT2D eigenvalue weighted by atomic mass is 9.93. The quantitative estimate of drug-likeness (QED) is 0.368. The van der Waals surface area contributed by atoms with E-state index in [0.29, 0.717) is 0 Å². The fourth-order valence-corrected chi connectivity index (χ4v) is 0.205. The molecule has 0 heterocycles. The van der Waals surface area contributed by atoms with Gasteiger partial charge in [-0.15, -0.1) is 5.98 Å². The number of hydrogen-bond acceptors (Lipinski definition) is 0. The first-order chi connectivity index (χ1) is 3.56. The highest BCUT2D eigenvalue weighted by Gasteiger charge is 2.16. The van der Waals surface area contributed by atoms with Crippen LogP contribution in [0.15, 0.2) is 17.8 Å². The van der Waals surface area contributed by atoms with Crippen molar-refractivity contribution in [3.63, 3.8) is 0 Å². The van der Waals surface area contributed by atoms with Crippen LogP contribution >= 0.6 is 0 Å². The van der Waals surface area contributed by atoms with Crippen LogP contribution in [0.5, 0.6) is 0 Å². The monoisotopic (exact) mass is 121 g/mol. The van der Waals surface area contributed by atoms with Crippen LogP contribution in [0, 0.1) is 0 Å². The summed E-state index contributed by atoms with van der Waals surface area (Å²) >= 11 is 0. The van der Waals surface area contributed by atoms with E-state index in [0.717, 1.165) is 0 Å². The molecular formula is C4H5BF3-. The molecule has 8 heavy (non-hydrogen) atoms. The summed E-state index contributed by atoms with van der Waals surface area (Å²) in [6.45, 7) is -3.28. The second-order valence-corrected chi connectivity index (χ2v) is 1.25. The molecule has 0 nitrogen and oxygen atoms in total. The zero-order valence-electron chi connectivity index (χ0n) is 4.37. The maximum absolute atomic E-state index is 11.2. The minimum atomic E-state index is -4.77. The second kappa shape index (κ2) is 2.63. The summed E-state index contributed by atoms with van der Waals surface area (Å²) in [7, 11) is 0. The Morgan fingerprint density at radius 3 is 2.00 bits per heavy atom. The van der Waals surface area contributed by atoms with E-state index in [1.807, 2.05) is 5.73 Å². The maximum atomic E-state index is 11.2. The summed E-state index contributed by atoms with van der Waals surface area (Å²) in [5.74, 6) is 0.125. The van der Waals surface area contributed by atoms with Gasteiger partial charge in [-0.1, -0.05) is 0 Å². The molecule has 0 aromatic heterocycles. The van der Waals surface area contributed by atoms with Crippen molar-refractivity contribution in [1.82, 2.24) is 0 Å². The van der Waals surface area contributed by atoms with Gasteiger partial charge in [0.1, 0.15) is 0 Å². The Hall–Kier alpha value is -0.625. The first-order valence-electron chi connectivity index (χ1n) is 2.14. The van der Waals surface area contributed by atoms with Crippen LogP contribution in [0.2, 0.25) is 0 Å². The lowest BCUT2D eigenvalue weighted by molar-refractivity contribution is 0.498. The molecule has 0 spiro atoms. The molecule has 0 atom stereocenters. The van der Waals surface area contributed by atoms with E-state index < -0.39 is 6.98 Å². The average Bonchev–Trinajstić information content (AvgIpc) is 1.59. The van der Waals surface area contributed by atoms with Gasteiger partial charge in [-0.25, -0.2) is 0 Å². The molecule has 0 bridgehead atoms. The molecule has 0 saturated heterocycles. The molecule has 0 amide bonds. The van der Waals surface area contributed by atoms with E-state index in [9.17, 15) is 12.9 Å². The molecule has 0 radical (unpaired) electrons. The molecule has 4 heteroatoms. The minimum Gasteiger partial charge on any atom is -0.445 e. The molecule has 0 aromatic carbocycles. The van der Waals surface area contributed by atoms with Gasteiger partial charge >= 0.3 is 6.98 Å². The third-order valence-electron chi connectivity index (χ3n) is 0.452. The third-order valence-corrected chi connectivity index (χ3v) is 0.452. The van der Waals surface area contributed by atoms with Gasteiger partial charge < -0.3 is 12.9 Å². The molecular weight excluding hydrogens is 116 g/mol. The van der Waals surface area contributed by atoms with Gasteiger partial charge in [0.2, 0.25) is 0 Å². The van der Waals surface area contributed by atoms with Crippen LogP contribution in [-0.2, 0) is 0 Å². The second-order valence-electron chi connectivity index (χ2n) is 1.25. The predicted molar refractivity (Wildman–Crippen MR) is 27.4 cm³/mol. The van der Waals surface area contributed by atoms with Crippen molar-refractivity contribution in [2.75, 3.05) is 0 Å². The average molecular weight is 121 g/mol. The molecule has 0 fully saturated rings. The van der Waals surface area contributed by atoms with Crippen LogP contribution in [0.4, 0.5) is 12.9 Å². The first kappa shape index (κ1) is 7.37. The van der Waals surface area contributed by atoms with E-state index in [1.165, 1.54) is 13.0 Å². The van der Waals surface area contributed by atoms with Gasteiger partial charge in [-0.2, -0.15) is 5.73 Å². The van der Waals surface area contributed by atoms with Gasteiger partial charge in [0.05, 0.1) is 0 Å². The van der Waals surface area contributed by atoms with Crippen LogP contribution < -0.4 is 0 Å². The molecule has 0 unspecified atom stereocenters. The van der Waals surface area contributed by atoms with Crippen molar-refractivity contribution < 1.29 is 12.9 Å². The topological polar surface area (TPSA) is 0 Å². The SMILES string of the molecule is CC=C=C[B-](F)(F)F. The van der Waals surface area contributed by atoms with Crippen LogP contribution in [0.25, 0.3) is 0 Å². The first-order valence-corrected chi connectivity index (χ1v) is 2.14. The van der Waals surface area contributed by atoms with Crippen LogP contribution in [0.1, 0.15) is 6.92 Å². The minimum absolute atomic E-state index is 0.125. The fraction of sp³-hybridized carbons (Fsp3) is 0.250. The van der Waals surface area contributed by atoms with E-state index in [2.05, 4.69) is 0 Å². The van der Waals surface area contributed by atoms with E-state index in [1.54, 1.807) is 0 Å². The molecule has 0 aliphatic rings. The van der Waals surface area contributed by atoms with E-state index in [4.69, 9.17) is 0 Å². The highest BCUT2D eigenvalue weighted by atomic mass is 19.4. The van der Waals surface area contributed by atoms with Crippen LogP contribution in [0.3, 0.4) is 0 Å². The molecule has 46 valence electrons. The zero-order valence-corrected chi connectivity index (χ0v) is 4.37. The standard InChI is InChI=1S/C4H5BF3/c1-2-3-4-5(6,7)8/h2,4H,1H3/q-1. The lowest BCUT2D eigenvalue weighted by Crippen LogP contribution is -2.08. The van der Waals surface area contributed by atoms with Crippen molar-refractivity contribution in [2.45, 2.75) is 6.92 Å². The van der Waals surface area contributed by atoms with Gasteiger partial charge in [-0.3, -0.25) is 0 Å². The Morgan fingerprint density at radius 2 is 1.88 bits per heavy atom. The summed E-state index contributed by atoms with van der Waals surface area (Å²) in [6.07, 6.45) is 1.22. The smallest absolute Gasteiger partial charge is 0.445 e. The summed E-state index contributed by atoms with van der Waals surface area (Å²) in [4.78, 5) is 0. The van der Waals surface area contributed by atoms with Gasteiger partial charge in [-0.05, 0) is 13.0 Å². The summed E-state index contributed by atoms with van der Waals surface area (Å²) in [5, 5.41) is 0. The largest absolute Gasteiger partial charge is 0.510 e. The van der Waals surface area contributed by atoms with Crippen molar-refractivity contribution in [3.05, 3.63) is 17.8 Å². The lowest BCUT2D eigenvalue weighted by Gasteiger charge is -2.02. The predicted octanol–water partition coefficient (Wildman–Crippen LogP) is 2.10. The molecule has 0 N–H and O–H groups in total. The molecule has 0 aliphatic heterocycles. The van der Waals surface area contributed by atoms with Crippen molar-refractivity contribution >= 4 is 6.98 Å². The van der Waals surface area contributed by atoms with Gasteiger partial charge in [0.15, 0.2) is 0 Å². The number of hydrogen-bond donors (Lipinski definition) is 0. The zero-order chi connectivity index (χ0) is 6.62. The summed E-state index contributed by atoms with van der Waals surface area (Å²) in [6, 6.07) is 0. The van der Waals surface area contributed by atoms with Crippen LogP contribution in [-0.4, -0.2) is 6.98 Å². The fourth-order valence-electron chi connectivity index (χ4n) is 0.205. The highest BCUT2D eigenvalue weighted by molar-refractivity contribution is 6.64. The van der Waals surface area contributed by atoms with Gasteiger partial charge in [0, 0.05) is 0 Å². The molecule has 0 saturated carbocycles. The number of rotatable bonds is 1. The molecule has 0 aliphatic carbocycles. The Bertz CT molecular complexity index is 118. The Balaban J connectivity index is 3.89. The number of halogens is 3. The van der Waals surface area contributed by atoms with Gasteiger partial charge in [0.25, 0.3) is 0 Å². The van der Waals surface area contributed by atoms with E-state index >= 15 is 0 Å². The summed E-state index contributed by atoms with van der Waals surface area (Å²) in [5.41, 5.74) is 1.94. The maximum Gasteiger partial charge on any atom is 0.510 e. The van der Waals surface area contributed by atoms with Crippen molar-refractivity contribution in [3.8, 4) is 0 Å².